The van der Waals surface area contributed by atoms with E-state index < -0.39 is 5.60 Å². The molecule has 0 amide bonds. The van der Waals surface area contributed by atoms with Gasteiger partial charge in [0.15, 0.2) is 0 Å². The summed E-state index contributed by atoms with van der Waals surface area (Å²) < 4.78 is 5.17. The molecule has 3 N–H and O–H groups in total. The molecule has 4 heteroatoms. The van der Waals surface area contributed by atoms with E-state index in [1.54, 1.807) is 0 Å². The molecular formula is C13H20N2O2. The molecule has 0 fully saturated rings. The molecule has 0 radical (unpaired) electrons. The first-order valence-corrected chi connectivity index (χ1v) is 5.64. The smallest absolute Gasteiger partial charge is 0.320 e. The van der Waals surface area contributed by atoms with E-state index in [2.05, 4.69) is 5.32 Å². The summed E-state index contributed by atoms with van der Waals surface area (Å²) in [6.07, 6.45) is 0. The fourth-order valence-electron chi connectivity index (χ4n) is 1.32. The lowest BCUT2D eigenvalue weighted by Gasteiger charge is -2.19. The fraction of sp³-hybridized carbons (Fsp3) is 0.462. The third kappa shape index (κ3) is 5.92. The number of hydrogen-bond donors (Lipinski definition) is 2. The Morgan fingerprint density at radius 2 is 1.88 bits per heavy atom. The van der Waals surface area contributed by atoms with E-state index in [0.29, 0.717) is 6.54 Å². The Morgan fingerprint density at radius 3 is 2.41 bits per heavy atom. The summed E-state index contributed by atoms with van der Waals surface area (Å²) in [5, 5.41) is 3.03. The summed E-state index contributed by atoms with van der Waals surface area (Å²) in [6, 6.07) is 7.53. The van der Waals surface area contributed by atoms with Crippen molar-refractivity contribution in [3.05, 3.63) is 29.8 Å². The lowest BCUT2D eigenvalue weighted by atomic mass is 10.2. The Hall–Kier alpha value is -1.55. The van der Waals surface area contributed by atoms with Crippen molar-refractivity contribution >= 4 is 11.7 Å². The molecule has 0 saturated carbocycles. The molecule has 1 aromatic rings. The topological polar surface area (TPSA) is 64.3 Å². The zero-order valence-corrected chi connectivity index (χ0v) is 10.6. The van der Waals surface area contributed by atoms with Crippen molar-refractivity contribution in [1.29, 1.82) is 0 Å². The van der Waals surface area contributed by atoms with Gasteiger partial charge in [-0.05, 0) is 38.5 Å². The van der Waals surface area contributed by atoms with Gasteiger partial charge >= 0.3 is 5.97 Å². The number of esters is 1. The second kappa shape index (κ2) is 5.68. The van der Waals surface area contributed by atoms with Gasteiger partial charge in [0.2, 0.25) is 0 Å². The minimum absolute atomic E-state index is 0.210. The highest BCUT2D eigenvalue weighted by Gasteiger charge is 2.15. The highest BCUT2D eigenvalue weighted by Crippen LogP contribution is 2.07. The fourth-order valence-corrected chi connectivity index (χ4v) is 1.32. The molecule has 0 spiro atoms. The van der Waals surface area contributed by atoms with Crippen LogP contribution in [-0.2, 0) is 16.1 Å². The molecule has 0 aliphatic rings. The van der Waals surface area contributed by atoms with Gasteiger partial charge in [0.1, 0.15) is 5.60 Å². The van der Waals surface area contributed by atoms with Crippen LogP contribution in [-0.4, -0.2) is 18.1 Å². The second-order valence-corrected chi connectivity index (χ2v) is 4.93. The maximum absolute atomic E-state index is 11.4. The van der Waals surface area contributed by atoms with Crippen molar-refractivity contribution in [3.8, 4) is 0 Å². The van der Waals surface area contributed by atoms with E-state index in [9.17, 15) is 4.79 Å². The number of nitrogen functional groups attached to an aromatic ring is 1. The van der Waals surface area contributed by atoms with Crippen LogP contribution in [0, 0.1) is 0 Å². The number of rotatable bonds is 4. The van der Waals surface area contributed by atoms with Gasteiger partial charge in [-0.1, -0.05) is 12.1 Å². The van der Waals surface area contributed by atoms with E-state index >= 15 is 0 Å². The minimum Gasteiger partial charge on any atom is -0.459 e. The van der Waals surface area contributed by atoms with Crippen LogP contribution >= 0.6 is 0 Å². The Morgan fingerprint density at radius 1 is 1.29 bits per heavy atom. The zero-order valence-electron chi connectivity index (χ0n) is 10.6. The van der Waals surface area contributed by atoms with Gasteiger partial charge in [0, 0.05) is 12.2 Å². The lowest BCUT2D eigenvalue weighted by Crippen LogP contribution is -2.31. The number of anilines is 1. The first-order valence-electron chi connectivity index (χ1n) is 5.64. The van der Waals surface area contributed by atoms with Crippen molar-refractivity contribution in [2.75, 3.05) is 12.3 Å². The van der Waals surface area contributed by atoms with Gasteiger partial charge in [0.05, 0.1) is 6.54 Å². The highest BCUT2D eigenvalue weighted by atomic mass is 16.6. The second-order valence-electron chi connectivity index (χ2n) is 4.93. The van der Waals surface area contributed by atoms with Crippen LogP contribution in [0.1, 0.15) is 26.3 Å². The number of hydrogen-bond acceptors (Lipinski definition) is 4. The molecule has 1 aromatic carbocycles. The predicted octanol–water partition coefficient (Wildman–Crippen LogP) is 1.70. The lowest BCUT2D eigenvalue weighted by molar-refractivity contribution is -0.153. The van der Waals surface area contributed by atoms with E-state index in [-0.39, 0.29) is 12.5 Å². The van der Waals surface area contributed by atoms with Crippen LogP contribution < -0.4 is 11.1 Å². The molecular weight excluding hydrogens is 216 g/mol. The molecule has 94 valence electrons. The molecule has 0 unspecified atom stereocenters. The average Bonchev–Trinajstić information content (AvgIpc) is 2.18. The number of benzene rings is 1. The monoisotopic (exact) mass is 236 g/mol. The van der Waals surface area contributed by atoms with E-state index in [1.165, 1.54) is 0 Å². The number of carbonyl (C=O) groups is 1. The van der Waals surface area contributed by atoms with Crippen LogP contribution in [0.15, 0.2) is 24.3 Å². The van der Waals surface area contributed by atoms with Gasteiger partial charge in [-0.2, -0.15) is 0 Å². The van der Waals surface area contributed by atoms with Gasteiger partial charge in [-0.25, -0.2) is 0 Å². The summed E-state index contributed by atoms with van der Waals surface area (Å²) in [7, 11) is 0. The van der Waals surface area contributed by atoms with Crippen molar-refractivity contribution in [2.24, 2.45) is 0 Å². The largest absolute Gasteiger partial charge is 0.459 e. The number of nitrogens with two attached hydrogens (primary N) is 1. The molecule has 0 aromatic heterocycles. The molecule has 0 heterocycles. The summed E-state index contributed by atoms with van der Waals surface area (Å²) in [4.78, 5) is 11.4. The summed E-state index contributed by atoms with van der Waals surface area (Å²) in [5.74, 6) is -0.243. The van der Waals surface area contributed by atoms with Crippen molar-refractivity contribution in [3.63, 3.8) is 0 Å². The third-order valence-corrected chi connectivity index (χ3v) is 2.00. The molecule has 0 saturated heterocycles. The van der Waals surface area contributed by atoms with Gasteiger partial charge in [0.25, 0.3) is 0 Å². The Balaban J connectivity index is 2.28. The summed E-state index contributed by atoms with van der Waals surface area (Å²) in [6.45, 7) is 6.39. The van der Waals surface area contributed by atoms with Crippen LogP contribution in [0.25, 0.3) is 0 Å². The predicted molar refractivity (Wildman–Crippen MR) is 68.4 cm³/mol. The van der Waals surface area contributed by atoms with Crippen LogP contribution in [0.4, 0.5) is 5.69 Å². The maximum atomic E-state index is 11.4. The molecule has 1 rings (SSSR count). The minimum atomic E-state index is -0.431. The third-order valence-electron chi connectivity index (χ3n) is 2.00. The molecule has 0 aliphatic heterocycles. The SMILES string of the molecule is CC(C)(C)OC(=O)CNCc1ccc(N)cc1. The van der Waals surface area contributed by atoms with Crippen LogP contribution in [0.5, 0.6) is 0 Å². The van der Waals surface area contributed by atoms with E-state index in [1.807, 2.05) is 45.0 Å². The normalized spacial score (nSPS) is 11.2. The number of carbonyl (C=O) groups excluding carboxylic acids is 1. The van der Waals surface area contributed by atoms with Crippen molar-refractivity contribution < 1.29 is 9.53 Å². The summed E-state index contributed by atoms with van der Waals surface area (Å²) in [5.41, 5.74) is 6.97. The van der Waals surface area contributed by atoms with E-state index in [4.69, 9.17) is 10.5 Å². The van der Waals surface area contributed by atoms with Crippen LogP contribution in [0.2, 0.25) is 0 Å². The van der Waals surface area contributed by atoms with Crippen LogP contribution in [0.3, 0.4) is 0 Å². The Kier molecular flexibility index (Phi) is 4.52. The molecule has 0 bridgehead atoms. The Labute approximate surface area is 102 Å². The van der Waals surface area contributed by atoms with Crippen molar-refractivity contribution in [1.82, 2.24) is 5.32 Å². The number of nitrogens with one attached hydrogen (secondary N) is 1. The average molecular weight is 236 g/mol. The van der Waals surface area contributed by atoms with Gasteiger partial charge in [-0.3, -0.25) is 4.79 Å². The van der Waals surface area contributed by atoms with E-state index in [0.717, 1.165) is 11.3 Å². The first-order chi connectivity index (χ1) is 7.87. The molecule has 0 atom stereocenters. The van der Waals surface area contributed by atoms with Gasteiger partial charge in [-0.15, -0.1) is 0 Å². The van der Waals surface area contributed by atoms with Crippen molar-refractivity contribution in [2.45, 2.75) is 32.9 Å². The molecule has 17 heavy (non-hydrogen) atoms. The Bertz CT molecular complexity index is 366. The zero-order chi connectivity index (χ0) is 12.9. The molecule has 0 aliphatic carbocycles. The molecule has 4 nitrogen and oxygen atoms in total. The number of ether oxygens (including phenoxy) is 1. The summed E-state index contributed by atoms with van der Waals surface area (Å²) >= 11 is 0. The standard InChI is InChI=1S/C13H20N2O2/c1-13(2,3)17-12(16)9-15-8-10-4-6-11(14)7-5-10/h4-7,15H,8-9,14H2,1-3H3. The highest BCUT2D eigenvalue weighted by molar-refractivity contribution is 5.72. The first kappa shape index (κ1) is 13.5. The quantitative estimate of drug-likeness (QED) is 0.617. The van der Waals surface area contributed by atoms with Gasteiger partial charge < -0.3 is 15.8 Å². The maximum Gasteiger partial charge on any atom is 0.320 e.